The molecule has 3 N–H and O–H groups in total. The van der Waals surface area contributed by atoms with Crippen molar-refractivity contribution in [2.24, 2.45) is 7.05 Å². The zero-order valence-corrected chi connectivity index (χ0v) is 15.3. The maximum atomic E-state index is 9.27. The zero-order valence-electron chi connectivity index (χ0n) is 13.7. The van der Waals surface area contributed by atoms with Gasteiger partial charge in [0.05, 0.1) is 24.8 Å². The second-order valence-electron chi connectivity index (χ2n) is 5.45. The van der Waals surface area contributed by atoms with E-state index in [2.05, 4.69) is 36.3 Å². The largest absolute Gasteiger partial charge is 0.395 e. The van der Waals surface area contributed by atoms with E-state index < -0.39 is 0 Å². The van der Waals surface area contributed by atoms with Crippen molar-refractivity contribution in [2.75, 3.05) is 36.5 Å². The SMILES string of the molecule is Cn1ncc2c(Nc3cccc(Br)c3)nc(N(CCO)CCO)nc21. The molecule has 0 amide bonds. The quantitative estimate of drug-likeness (QED) is 0.548. The van der Waals surface area contributed by atoms with E-state index in [1.54, 1.807) is 15.8 Å². The fourth-order valence-corrected chi connectivity index (χ4v) is 2.90. The van der Waals surface area contributed by atoms with Crippen molar-refractivity contribution in [2.45, 2.75) is 0 Å². The summed E-state index contributed by atoms with van der Waals surface area (Å²) in [5.41, 5.74) is 1.54. The van der Waals surface area contributed by atoms with Gasteiger partial charge in [0, 0.05) is 30.3 Å². The smallest absolute Gasteiger partial charge is 0.229 e. The molecule has 132 valence electrons. The van der Waals surface area contributed by atoms with Crippen LogP contribution in [0.25, 0.3) is 11.0 Å². The predicted molar refractivity (Wildman–Crippen MR) is 100 cm³/mol. The highest BCUT2D eigenvalue weighted by atomic mass is 79.9. The Bertz CT molecular complexity index is 863. The van der Waals surface area contributed by atoms with Crippen LogP contribution in [-0.2, 0) is 7.05 Å². The minimum Gasteiger partial charge on any atom is -0.395 e. The van der Waals surface area contributed by atoms with Crippen molar-refractivity contribution in [3.05, 3.63) is 34.9 Å². The van der Waals surface area contributed by atoms with Gasteiger partial charge in [0.1, 0.15) is 5.82 Å². The summed E-state index contributed by atoms with van der Waals surface area (Å²) in [6.45, 7) is 0.558. The van der Waals surface area contributed by atoms with Crippen LogP contribution in [-0.4, -0.2) is 56.3 Å². The molecule has 3 aromatic rings. The summed E-state index contributed by atoms with van der Waals surface area (Å²) < 4.78 is 2.62. The predicted octanol–water partition coefficient (Wildman–Crippen LogP) is 1.66. The molecule has 0 unspecified atom stereocenters. The molecule has 0 spiro atoms. The van der Waals surface area contributed by atoms with Crippen molar-refractivity contribution in [3.63, 3.8) is 0 Å². The minimum absolute atomic E-state index is 0.0544. The minimum atomic E-state index is -0.0544. The molecule has 1 aromatic carbocycles. The molecule has 0 atom stereocenters. The summed E-state index contributed by atoms with van der Waals surface area (Å²) in [7, 11) is 1.81. The van der Waals surface area contributed by atoms with E-state index in [1.165, 1.54) is 0 Å². The van der Waals surface area contributed by atoms with E-state index in [0.717, 1.165) is 15.5 Å². The van der Waals surface area contributed by atoms with Gasteiger partial charge < -0.3 is 20.4 Å². The lowest BCUT2D eigenvalue weighted by molar-refractivity contribution is 0.280. The first-order chi connectivity index (χ1) is 12.1. The summed E-state index contributed by atoms with van der Waals surface area (Å²) in [6.07, 6.45) is 1.71. The fourth-order valence-electron chi connectivity index (χ4n) is 2.50. The van der Waals surface area contributed by atoms with Crippen molar-refractivity contribution in [1.82, 2.24) is 19.7 Å². The Morgan fingerprint density at radius 1 is 1.20 bits per heavy atom. The number of aliphatic hydroxyl groups is 2. The molecule has 9 heteroatoms. The fraction of sp³-hybridized carbons (Fsp3) is 0.312. The highest BCUT2D eigenvalue weighted by Crippen LogP contribution is 2.27. The van der Waals surface area contributed by atoms with Crippen LogP contribution in [0.5, 0.6) is 0 Å². The number of aromatic nitrogens is 4. The normalized spacial score (nSPS) is 11.0. The Morgan fingerprint density at radius 2 is 1.96 bits per heavy atom. The lowest BCUT2D eigenvalue weighted by Crippen LogP contribution is -2.31. The van der Waals surface area contributed by atoms with Gasteiger partial charge in [-0.2, -0.15) is 15.1 Å². The van der Waals surface area contributed by atoms with Gasteiger partial charge in [0.2, 0.25) is 5.95 Å². The van der Waals surface area contributed by atoms with Crippen molar-refractivity contribution < 1.29 is 10.2 Å². The van der Waals surface area contributed by atoms with Crippen LogP contribution >= 0.6 is 15.9 Å². The second kappa shape index (κ2) is 7.77. The molecule has 8 nitrogen and oxygen atoms in total. The third-order valence-corrected chi connectivity index (χ3v) is 4.18. The van der Waals surface area contributed by atoms with Gasteiger partial charge >= 0.3 is 0 Å². The summed E-state index contributed by atoms with van der Waals surface area (Å²) in [4.78, 5) is 10.9. The van der Waals surface area contributed by atoms with Crippen LogP contribution in [0.3, 0.4) is 0 Å². The summed E-state index contributed by atoms with van der Waals surface area (Å²) in [5, 5.41) is 26.9. The topological polar surface area (TPSA) is 99.3 Å². The Kier molecular flexibility index (Phi) is 5.47. The van der Waals surface area contributed by atoms with E-state index in [9.17, 15) is 10.2 Å². The molecule has 2 heterocycles. The van der Waals surface area contributed by atoms with Crippen molar-refractivity contribution >= 4 is 44.4 Å². The van der Waals surface area contributed by atoms with Crippen molar-refractivity contribution in [1.29, 1.82) is 0 Å². The molecule has 0 aliphatic carbocycles. The molecule has 25 heavy (non-hydrogen) atoms. The van der Waals surface area contributed by atoms with Crippen LogP contribution in [0.1, 0.15) is 0 Å². The first-order valence-corrected chi connectivity index (χ1v) is 8.60. The van der Waals surface area contributed by atoms with Gasteiger partial charge in [0.25, 0.3) is 0 Å². The third kappa shape index (κ3) is 3.89. The molecule has 0 aliphatic rings. The van der Waals surface area contributed by atoms with E-state index in [0.29, 0.717) is 30.5 Å². The molecule has 0 saturated heterocycles. The third-order valence-electron chi connectivity index (χ3n) is 3.69. The number of benzene rings is 1. The Labute approximate surface area is 153 Å². The number of rotatable bonds is 7. The number of fused-ring (bicyclic) bond motifs is 1. The first kappa shape index (κ1) is 17.6. The number of nitrogens with one attached hydrogen (secondary N) is 1. The summed E-state index contributed by atoms with van der Waals surface area (Å²) in [5.74, 6) is 1.05. The Hall–Kier alpha value is -2.23. The number of aliphatic hydroxyl groups excluding tert-OH is 2. The van der Waals surface area contributed by atoms with Gasteiger partial charge in [-0.05, 0) is 18.2 Å². The molecule has 0 radical (unpaired) electrons. The summed E-state index contributed by atoms with van der Waals surface area (Å²) >= 11 is 3.46. The van der Waals surface area contributed by atoms with Crippen LogP contribution in [0.4, 0.5) is 17.5 Å². The van der Waals surface area contributed by atoms with Crippen LogP contribution in [0.15, 0.2) is 34.9 Å². The number of anilines is 3. The van der Waals surface area contributed by atoms with Crippen molar-refractivity contribution in [3.8, 4) is 0 Å². The number of nitrogens with zero attached hydrogens (tertiary/aromatic N) is 5. The molecule has 0 fully saturated rings. The highest BCUT2D eigenvalue weighted by Gasteiger charge is 2.16. The van der Waals surface area contributed by atoms with E-state index in [4.69, 9.17) is 0 Å². The molecule has 3 rings (SSSR count). The maximum Gasteiger partial charge on any atom is 0.229 e. The zero-order chi connectivity index (χ0) is 17.8. The van der Waals surface area contributed by atoms with Gasteiger partial charge in [-0.3, -0.25) is 4.68 Å². The lowest BCUT2D eigenvalue weighted by atomic mass is 10.3. The Balaban J connectivity index is 2.06. The number of hydrogen-bond donors (Lipinski definition) is 3. The maximum absolute atomic E-state index is 9.27. The number of hydrogen-bond acceptors (Lipinski definition) is 7. The summed E-state index contributed by atoms with van der Waals surface area (Å²) in [6, 6.07) is 7.76. The molecular formula is C16H19BrN6O2. The standard InChI is InChI=1S/C16H19BrN6O2/c1-22-15-13(10-18-22)14(19-12-4-2-3-11(17)9-12)20-16(21-15)23(5-7-24)6-8-25/h2-4,9-10,24-25H,5-8H2,1H3,(H,19,20,21). The van der Waals surface area contributed by atoms with Gasteiger partial charge in [-0.15, -0.1) is 0 Å². The molecule has 0 bridgehead atoms. The van der Waals surface area contributed by atoms with Gasteiger partial charge in [0.15, 0.2) is 5.65 Å². The molecule has 0 aliphatic heterocycles. The lowest BCUT2D eigenvalue weighted by Gasteiger charge is -2.21. The average Bonchev–Trinajstić information content (AvgIpc) is 2.96. The van der Waals surface area contributed by atoms with E-state index >= 15 is 0 Å². The monoisotopic (exact) mass is 406 g/mol. The van der Waals surface area contributed by atoms with Crippen LogP contribution in [0, 0.1) is 0 Å². The number of halogens is 1. The number of aryl methyl sites for hydroxylation is 1. The second-order valence-corrected chi connectivity index (χ2v) is 6.36. The Morgan fingerprint density at radius 3 is 2.64 bits per heavy atom. The average molecular weight is 407 g/mol. The molecule has 2 aromatic heterocycles. The van der Waals surface area contributed by atoms with Crippen LogP contribution in [0.2, 0.25) is 0 Å². The van der Waals surface area contributed by atoms with Gasteiger partial charge in [-0.25, -0.2) is 0 Å². The first-order valence-electron chi connectivity index (χ1n) is 7.81. The molecular weight excluding hydrogens is 388 g/mol. The highest BCUT2D eigenvalue weighted by molar-refractivity contribution is 9.10. The van der Waals surface area contributed by atoms with E-state index in [-0.39, 0.29) is 13.2 Å². The van der Waals surface area contributed by atoms with E-state index in [1.807, 2.05) is 31.3 Å². The van der Waals surface area contributed by atoms with Crippen LogP contribution < -0.4 is 10.2 Å². The van der Waals surface area contributed by atoms with Gasteiger partial charge in [-0.1, -0.05) is 22.0 Å². The molecule has 0 saturated carbocycles.